The molecule has 0 aliphatic rings. The van der Waals surface area contributed by atoms with Crippen LogP contribution in [0.5, 0.6) is 5.75 Å². The predicted molar refractivity (Wildman–Crippen MR) is 74.5 cm³/mol. The van der Waals surface area contributed by atoms with Crippen LogP contribution < -0.4 is 10.1 Å². The van der Waals surface area contributed by atoms with E-state index in [1.807, 2.05) is 0 Å². The lowest BCUT2D eigenvalue weighted by molar-refractivity contribution is -0.139. The van der Waals surface area contributed by atoms with Crippen LogP contribution in [0.25, 0.3) is 0 Å². The van der Waals surface area contributed by atoms with Gasteiger partial charge in [0.05, 0.1) is 12.1 Å². The molecule has 124 valence electrons. The maximum Gasteiger partial charge on any atom is 0.419 e. The average molecular weight is 320 g/mol. The molecule has 0 fully saturated rings. The molecule has 1 aromatic rings. The van der Waals surface area contributed by atoms with Crippen LogP contribution in [0.1, 0.15) is 5.56 Å². The Labute approximate surface area is 126 Å². The lowest BCUT2D eigenvalue weighted by atomic mass is 10.2. The zero-order valence-electron chi connectivity index (χ0n) is 12.4. The molecule has 0 aliphatic carbocycles. The number of aliphatic hydroxyl groups excluding tert-OH is 1. The topological polar surface area (TPSA) is 61.8 Å². The van der Waals surface area contributed by atoms with Crippen LogP contribution in [0.4, 0.5) is 13.2 Å². The Bertz CT molecular complexity index is 494. The number of para-hydroxylation sites is 1. The lowest BCUT2D eigenvalue weighted by Crippen LogP contribution is -2.40. The van der Waals surface area contributed by atoms with E-state index in [4.69, 9.17) is 4.74 Å². The van der Waals surface area contributed by atoms with E-state index in [1.165, 1.54) is 30.1 Å². The number of benzene rings is 1. The standard InChI is InChI=1S/C14H19F3N2O3/c1-18-7-13(21)19(2)8-10(20)9-22-12-6-4-3-5-11(12)14(15,16)17/h3-6,10,18,20H,7-9H2,1-2H3. The van der Waals surface area contributed by atoms with Crippen LogP contribution in [-0.4, -0.2) is 55.8 Å². The van der Waals surface area contributed by atoms with Crippen molar-refractivity contribution in [1.29, 1.82) is 0 Å². The highest BCUT2D eigenvalue weighted by Crippen LogP contribution is 2.35. The van der Waals surface area contributed by atoms with Gasteiger partial charge in [0, 0.05) is 13.6 Å². The monoisotopic (exact) mass is 320 g/mol. The number of alkyl halides is 3. The van der Waals surface area contributed by atoms with E-state index in [1.54, 1.807) is 7.05 Å². The molecule has 1 rings (SSSR count). The summed E-state index contributed by atoms with van der Waals surface area (Å²) < 4.78 is 43.4. The number of nitrogens with zero attached hydrogens (tertiary/aromatic N) is 1. The number of nitrogens with one attached hydrogen (secondary N) is 1. The van der Waals surface area contributed by atoms with Gasteiger partial charge in [0.2, 0.25) is 5.91 Å². The van der Waals surface area contributed by atoms with Crippen molar-refractivity contribution in [2.24, 2.45) is 0 Å². The second-order valence-electron chi connectivity index (χ2n) is 4.76. The van der Waals surface area contributed by atoms with Crippen LogP contribution in [0.2, 0.25) is 0 Å². The molecule has 8 heteroatoms. The molecule has 0 saturated carbocycles. The van der Waals surface area contributed by atoms with Gasteiger partial charge >= 0.3 is 6.18 Å². The summed E-state index contributed by atoms with van der Waals surface area (Å²) in [5.74, 6) is -0.588. The molecule has 5 nitrogen and oxygen atoms in total. The van der Waals surface area contributed by atoms with Crippen molar-refractivity contribution >= 4 is 5.91 Å². The number of carbonyl (C=O) groups is 1. The highest BCUT2D eigenvalue weighted by atomic mass is 19.4. The first-order chi connectivity index (χ1) is 10.3. The first-order valence-electron chi connectivity index (χ1n) is 6.61. The molecule has 0 heterocycles. The van der Waals surface area contributed by atoms with Gasteiger partial charge in [-0.3, -0.25) is 4.79 Å². The number of aliphatic hydroxyl groups is 1. The first-order valence-corrected chi connectivity index (χ1v) is 6.61. The van der Waals surface area contributed by atoms with Crippen molar-refractivity contribution in [3.8, 4) is 5.75 Å². The van der Waals surface area contributed by atoms with E-state index in [2.05, 4.69) is 5.32 Å². The van der Waals surface area contributed by atoms with Crippen LogP contribution in [-0.2, 0) is 11.0 Å². The second-order valence-corrected chi connectivity index (χ2v) is 4.76. The van der Waals surface area contributed by atoms with Crippen molar-refractivity contribution in [1.82, 2.24) is 10.2 Å². The van der Waals surface area contributed by atoms with E-state index in [0.29, 0.717) is 0 Å². The number of amides is 1. The molecule has 22 heavy (non-hydrogen) atoms. The molecule has 0 saturated heterocycles. The van der Waals surface area contributed by atoms with Crippen LogP contribution in [0, 0.1) is 0 Å². The summed E-state index contributed by atoms with van der Waals surface area (Å²) in [5, 5.41) is 12.4. The van der Waals surface area contributed by atoms with E-state index >= 15 is 0 Å². The summed E-state index contributed by atoms with van der Waals surface area (Å²) >= 11 is 0. The smallest absolute Gasteiger partial charge is 0.419 e. The quantitative estimate of drug-likeness (QED) is 0.790. The number of rotatable bonds is 7. The SMILES string of the molecule is CNCC(=O)N(C)CC(O)COc1ccccc1C(F)(F)F. The lowest BCUT2D eigenvalue weighted by Gasteiger charge is -2.21. The first kappa shape index (κ1) is 18.2. The van der Waals surface area contributed by atoms with E-state index < -0.39 is 17.8 Å². The molecular weight excluding hydrogens is 301 g/mol. The van der Waals surface area contributed by atoms with Gasteiger partial charge in [-0.2, -0.15) is 13.2 Å². The fourth-order valence-corrected chi connectivity index (χ4v) is 1.77. The summed E-state index contributed by atoms with van der Waals surface area (Å²) in [4.78, 5) is 12.8. The third-order valence-electron chi connectivity index (χ3n) is 2.86. The largest absolute Gasteiger partial charge is 0.490 e. The average Bonchev–Trinajstić information content (AvgIpc) is 2.44. The number of hydrogen-bond acceptors (Lipinski definition) is 4. The summed E-state index contributed by atoms with van der Waals surface area (Å²) in [6.07, 6.45) is -5.62. The molecule has 1 aromatic carbocycles. The van der Waals surface area contributed by atoms with Crippen molar-refractivity contribution in [2.45, 2.75) is 12.3 Å². The van der Waals surface area contributed by atoms with E-state index in [9.17, 15) is 23.1 Å². The second kappa shape index (κ2) is 8.00. The third-order valence-corrected chi connectivity index (χ3v) is 2.86. The normalized spacial score (nSPS) is 12.8. The van der Waals surface area contributed by atoms with E-state index in [0.717, 1.165) is 6.07 Å². The number of likely N-dealkylation sites (N-methyl/N-ethyl adjacent to an activating group) is 2. The fourth-order valence-electron chi connectivity index (χ4n) is 1.77. The molecule has 0 aromatic heterocycles. The van der Waals surface area contributed by atoms with Gasteiger partial charge < -0.3 is 20.1 Å². The molecule has 0 radical (unpaired) electrons. The summed E-state index contributed by atoms with van der Waals surface area (Å²) in [5.41, 5.74) is -0.901. The number of carbonyl (C=O) groups excluding carboxylic acids is 1. The predicted octanol–water partition coefficient (Wildman–Crippen LogP) is 1.12. The van der Waals surface area contributed by atoms with Crippen molar-refractivity contribution in [2.75, 3.05) is 33.8 Å². The minimum atomic E-state index is -4.53. The molecule has 0 spiro atoms. The molecule has 0 bridgehead atoms. The summed E-state index contributed by atoms with van der Waals surface area (Å²) in [7, 11) is 3.10. The van der Waals surface area contributed by atoms with Gasteiger partial charge in [0.1, 0.15) is 18.5 Å². The molecule has 2 N–H and O–H groups in total. The Morgan fingerprint density at radius 2 is 2.05 bits per heavy atom. The Kier molecular flexibility index (Phi) is 6.63. The Morgan fingerprint density at radius 1 is 1.41 bits per heavy atom. The van der Waals surface area contributed by atoms with Gasteiger partial charge in [-0.05, 0) is 19.2 Å². The van der Waals surface area contributed by atoms with Gasteiger partial charge in [0.25, 0.3) is 0 Å². The number of halogens is 3. The van der Waals surface area contributed by atoms with Gasteiger partial charge in [-0.1, -0.05) is 12.1 Å². The van der Waals surface area contributed by atoms with E-state index in [-0.39, 0.29) is 31.4 Å². The zero-order valence-corrected chi connectivity index (χ0v) is 12.4. The highest BCUT2D eigenvalue weighted by molar-refractivity contribution is 5.77. The maximum atomic E-state index is 12.8. The third kappa shape index (κ3) is 5.53. The molecule has 1 amide bonds. The number of ether oxygens (including phenoxy) is 1. The van der Waals surface area contributed by atoms with Crippen LogP contribution in [0.3, 0.4) is 0 Å². The minimum Gasteiger partial charge on any atom is -0.490 e. The maximum absolute atomic E-state index is 12.8. The molecular formula is C14H19F3N2O3. The Hall–Kier alpha value is -1.80. The van der Waals surface area contributed by atoms with Crippen molar-refractivity contribution in [3.05, 3.63) is 29.8 Å². The summed E-state index contributed by atoms with van der Waals surface area (Å²) in [6.45, 7) is -0.264. The van der Waals surface area contributed by atoms with Crippen molar-refractivity contribution in [3.63, 3.8) is 0 Å². The highest BCUT2D eigenvalue weighted by Gasteiger charge is 2.34. The molecule has 0 aliphatic heterocycles. The van der Waals surface area contributed by atoms with Gasteiger partial charge in [0.15, 0.2) is 0 Å². The van der Waals surface area contributed by atoms with Crippen LogP contribution in [0.15, 0.2) is 24.3 Å². The van der Waals surface area contributed by atoms with Crippen LogP contribution >= 0.6 is 0 Å². The van der Waals surface area contributed by atoms with Crippen molar-refractivity contribution < 1.29 is 27.8 Å². The summed E-state index contributed by atoms with van der Waals surface area (Å²) in [6, 6.07) is 4.77. The minimum absolute atomic E-state index is 0.0330. The Balaban J connectivity index is 2.58. The van der Waals surface area contributed by atoms with Gasteiger partial charge in [-0.15, -0.1) is 0 Å². The Morgan fingerprint density at radius 3 is 2.64 bits per heavy atom. The molecule has 1 unspecified atom stereocenters. The number of hydrogen-bond donors (Lipinski definition) is 2. The fraction of sp³-hybridized carbons (Fsp3) is 0.500. The molecule has 1 atom stereocenters. The van der Waals surface area contributed by atoms with Gasteiger partial charge in [-0.25, -0.2) is 0 Å². The zero-order chi connectivity index (χ0) is 16.8.